The Morgan fingerprint density at radius 2 is 2.09 bits per heavy atom. The Bertz CT molecular complexity index is 711. The average molecular weight is 305 g/mol. The van der Waals surface area contributed by atoms with Gasteiger partial charge in [-0.1, -0.05) is 12.1 Å². The molecule has 0 bridgehead atoms. The molecule has 116 valence electrons. The molecule has 0 amide bonds. The number of carboxylic acid groups (broad SMARTS) is 1. The van der Waals surface area contributed by atoms with E-state index in [-0.39, 0.29) is 30.2 Å². The van der Waals surface area contributed by atoms with Crippen molar-refractivity contribution in [1.82, 2.24) is 4.57 Å². The molecule has 0 aliphatic carbocycles. The molecule has 2 aromatic rings. The number of benzene rings is 1. The van der Waals surface area contributed by atoms with Crippen LogP contribution in [0, 0.1) is 5.82 Å². The lowest BCUT2D eigenvalue weighted by molar-refractivity contribution is -0.137. The van der Waals surface area contributed by atoms with Gasteiger partial charge in [0.15, 0.2) is 5.75 Å². The fraction of sp³-hybridized carbons (Fsp3) is 0.250. The molecule has 1 heterocycles. The summed E-state index contributed by atoms with van der Waals surface area (Å²) in [6, 6.07) is 9.15. The normalized spacial score (nSPS) is 10.4. The molecular weight excluding hydrogens is 289 g/mol. The van der Waals surface area contributed by atoms with Crippen LogP contribution in [0.5, 0.6) is 5.75 Å². The molecule has 2 rings (SSSR count). The lowest BCUT2D eigenvalue weighted by atomic mass is 10.2. The molecule has 0 radical (unpaired) electrons. The van der Waals surface area contributed by atoms with Crippen LogP contribution in [-0.2, 0) is 17.9 Å². The molecule has 1 N–H and O–H groups in total. The van der Waals surface area contributed by atoms with Crippen LogP contribution >= 0.6 is 0 Å². The molecule has 5 nitrogen and oxygen atoms in total. The summed E-state index contributed by atoms with van der Waals surface area (Å²) in [5.41, 5.74) is 0.296. The molecule has 0 aliphatic heterocycles. The summed E-state index contributed by atoms with van der Waals surface area (Å²) in [6.07, 6.45) is 1.95. The van der Waals surface area contributed by atoms with E-state index in [1.165, 1.54) is 22.8 Å². The van der Waals surface area contributed by atoms with E-state index in [4.69, 9.17) is 9.84 Å². The Kier molecular flexibility index (Phi) is 5.30. The Labute approximate surface area is 126 Å². The average Bonchev–Trinajstić information content (AvgIpc) is 2.47. The van der Waals surface area contributed by atoms with E-state index in [1.54, 1.807) is 24.4 Å². The van der Waals surface area contributed by atoms with Crippen LogP contribution in [-0.4, -0.2) is 15.6 Å². The molecule has 0 saturated carbocycles. The van der Waals surface area contributed by atoms with Crippen LogP contribution in [0.15, 0.2) is 47.4 Å². The van der Waals surface area contributed by atoms with E-state index < -0.39 is 5.97 Å². The summed E-state index contributed by atoms with van der Waals surface area (Å²) in [5, 5.41) is 8.61. The fourth-order valence-corrected chi connectivity index (χ4v) is 1.99. The maximum atomic E-state index is 13.1. The molecule has 1 aromatic carbocycles. The summed E-state index contributed by atoms with van der Waals surface area (Å²) in [6.45, 7) is 0.397. The second kappa shape index (κ2) is 7.40. The maximum Gasteiger partial charge on any atom is 0.303 e. The maximum absolute atomic E-state index is 13.1. The molecular formula is C16H16FNO4. The first-order chi connectivity index (χ1) is 10.6. The molecule has 0 atom stereocenters. The van der Waals surface area contributed by atoms with Crippen LogP contribution in [0.2, 0.25) is 0 Å². The van der Waals surface area contributed by atoms with Gasteiger partial charge < -0.3 is 14.4 Å². The molecule has 1 aromatic heterocycles. The highest BCUT2D eigenvalue weighted by atomic mass is 19.1. The minimum absolute atomic E-state index is 0.000810. The van der Waals surface area contributed by atoms with Crippen LogP contribution < -0.4 is 10.3 Å². The lowest BCUT2D eigenvalue weighted by Gasteiger charge is -2.09. The SMILES string of the molecule is O=C(O)CCCn1cccc(OCc2cccc(F)c2)c1=O. The third-order valence-corrected chi connectivity index (χ3v) is 3.06. The number of halogens is 1. The molecule has 0 unspecified atom stereocenters. The topological polar surface area (TPSA) is 68.5 Å². The highest BCUT2D eigenvalue weighted by Gasteiger charge is 2.06. The highest BCUT2D eigenvalue weighted by molar-refractivity contribution is 5.66. The zero-order valence-corrected chi connectivity index (χ0v) is 11.9. The van der Waals surface area contributed by atoms with Crippen molar-refractivity contribution in [1.29, 1.82) is 0 Å². The quantitative estimate of drug-likeness (QED) is 0.853. The van der Waals surface area contributed by atoms with Gasteiger partial charge in [-0.25, -0.2) is 4.39 Å². The van der Waals surface area contributed by atoms with Crippen molar-refractivity contribution < 1.29 is 19.0 Å². The fourth-order valence-electron chi connectivity index (χ4n) is 1.99. The van der Waals surface area contributed by atoms with Gasteiger partial charge in [-0.05, 0) is 36.2 Å². The van der Waals surface area contributed by atoms with Gasteiger partial charge in [0, 0.05) is 19.2 Å². The summed E-state index contributed by atoms with van der Waals surface area (Å²) < 4.78 is 19.9. The predicted molar refractivity (Wildman–Crippen MR) is 78.3 cm³/mol. The van der Waals surface area contributed by atoms with E-state index in [1.807, 2.05) is 0 Å². The van der Waals surface area contributed by atoms with E-state index in [9.17, 15) is 14.0 Å². The zero-order chi connectivity index (χ0) is 15.9. The number of aromatic nitrogens is 1. The zero-order valence-electron chi connectivity index (χ0n) is 11.9. The van der Waals surface area contributed by atoms with Gasteiger partial charge in [0.1, 0.15) is 12.4 Å². The van der Waals surface area contributed by atoms with Gasteiger partial charge in [-0.3, -0.25) is 9.59 Å². The van der Waals surface area contributed by atoms with Crippen molar-refractivity contribution in [2.24, 2.45) is 0 Å². The Balaban J connectivity index is 2.02. The first-order valence-electron chi connectivity index (χ1n) is 6.85. The van der Waals surface area contributed by atoms with Crippen molar-refractivity contribution in [2.45, 2.75) is 26.0 Å². The molecule has 6 heteroatoms. The van der Waals surface area contributed by atoms with E-state index in [0.29, 0.717) is 18.5 Å². The van der Waals surface area contributed by atoms with Gasteiger partial charge >= 0.3 is 5.97 Å². The highest BCUT2D eigenvalue weighted by Crippen LogP contribution is 2.09. The standard InChI is InChI=1S/C16H16FNO4/c17-13-5-1-4-12(10-13)11-22-14-6-2-8-18(16(14)21)9-3-7-15(19)20/h1-2,4-6,8,10H,3,7,9,11H2,(H,19,20). The summed E-state index contributed by atoms with van der Waals surface area (Å²) >= 11 is 0. The molecule has 0 saturated heterocycles. The number of aryl methyl sites for hydroxylation is 1. The number of pyridine rings is 1. The first kappa shape index (κ1) is 15.8. The number of hydrogen-bond acceptors (Lipinski definition) is 3. The smallest absolute Gasteiger partial charge is 0.303 e. The molecule has 0 aliphatic rings. The van der Waals surface area contributed by atoms with Crippen molar-refractivity contribution in [3.8, 4) is 5.75 Å². The van der Waals surface area contributed by atoms with Crippen molar-refractivity contribution in [2.75, 3.05) is 0 Å². The molecule has 22 heavy (non-hydrogen) atoms. The predicted octanol–water partition coefficient (Wildman–Crippen LogP) is 2.43. The van der Waals surface area contributed by atoms with Gasteiger partial charge in [0.2, 0.25) is 0 Å². The number of rotatable bonds is 7. The largest absolute Gasteiger partial charge is 0.483 e. The number of nitrogens with zero attached hydrogens (tertiary/aromatic N) is 1. The Morgan fingerprint density at radius 3 is 2.82 bits per heavy atom. The van der Waals surface area contributed by atoms with Crippen LogP contribution in [0.4, 0.5) is 4.39 Å². The van der Waals surface area contributed by atoms with E-state index >= 15 is 0 Å². The minimum Gasteiger partial charge on any atom is -0.483 e. The summed E-state index contributed by atoms with van der Waals surface area (Å²) in [5.74, 6) is -1.10. The van der Waals surface area contributed by atoms with E-state index in [0.717, 1.165) is 0 Å². The Hall–Kier alpha value is -2.63. The lowest BCUT2D eigenvalue weighted by Crippen LogP contribution is -2.21. The third kappa shape index (κ3) is 4.44. The van der Waals surface area contributed by atoms with E-state index in [2.05, 4.69) is 0 Å². The van der Waals surface area contributed by atoms with Gasteiger partial charge in [0.05, 0.1) is 0 Å². The number of ether oxygens (including phenoxy) is 1. The van der Waals surface area contributed by atoms with Crippen molar-refractivity contribution >= 4 is 5.97 Å². The number of aliphatic carboxylic acids is 1. The van der Waals surface area contributed by atoms with Gasteiger partial charge in [-0.2, -0.15) is 0 Å². The number of hydrogen-bond donors (Lipinski definition) is 1. The Morgan fingerprint density at radius 1 is 1.27 bits per heavy atom. The summed E-state index contributed by atoms with van der Waals surface area (Å²) in [7, 11) is 0. The molecule has 0 fully saturated rings. The van der Waals surface area contributed by atoms with Crippen molar-refractivity contribution in [3.63, 3.8) is 0 Å². The third-order valence-electron chi connectivity index (χ3n) is 3.06. The van der Waals surface area contributed by atoms with Crippen LogP contribution in [0.3, 0.4) is 0 Å². The number of carboxylic acids is 1. The first-order valence-corrected chi connectivity index (χ1v) is 6.85. The summed E-state index contributed by atoms with van der Waals surface area (Å²) in [4.78, 5) is 22.6. The monoisotopic (exact) mass is 305 g/mol. The van der Waals surface area contributed by atoms with Gasteiger partial charge in [0.25, 0.3) is 5.56 Å². The number of carbonyl (C=O) groups is 1. The van der Waals surface area contributed by atoms with Crippen LogP contribution in [0.25, 0.3) is 0 Å². The van der Waals surface area contributed by atoms with Crippen molar-refractivity contribution in [3.05, 3.63) is 64.3 Å². The van der Waals surface area contributed by atoms with Gasteiger partial charge in [-0.15, -0.1) is 0 Å². The second-order valence-corrected chi connectivity index (χ2v) is 4.79. The van der Waals surface area contributed by atoms with Crippen LogP contribution in [0.1, 0.15) is 18.4 Å². The minimum atomic E-state index is -0.897. The second-order valence-electron chi connectivity index (χ2n) is 4.79. The molecule has 0 spiro atoms.